The Morgan fingerprint density at radius 3 is 1.95 bits per heavy atom. The van der Waals surface area contributed by atoms with E-state index in [1.54, 1.807) is 19.1 Å². The first kappa shape index (κ1) is 31.1. The predicted molar refractivity (Wildman–Crippen MR) is 131 cm³/mol. The van der Waals surface area contributed by atoms with Crippen molar-refractivity contribution in [2.24, 2.45) is 0 Å². The minimum absolute atomic E-state index is 0.148. The summed E-state index contributed by atoms with van der Waals surface area (Å²) in [6.07, 6.45) is -4.50. The Bertz CT molecular complexity index is 745. The summed E-state index contributed by atoms with van der Waals surface area (Å²) in [5, 5.41) is 0. The molecule has 0 saturated carbocycles. The maximum absolute atomic E-state index is 12.4. The molecule has 1 fully saturated rings. The van der Waals surface area contributed by atoms with Crippen LogP contribution >= 0.6 is 0 Å². The number of carbonyl (C=O) groups is 1. The molecule has 1 saturated heterocycles. The third-order valence-corrected chi connectivity index (χ3v) is 5.60. The molecule has 0 aliphatic carbocycles. The molecule has 1 atom stereocenters. The summed E-state index contributed by atoms with van der Waals surface area (Å²) in [5.74, 6) is -0.529. The first-order valence-corrected chi connectivity index (χ1v) is 12.6. The van der Waals surface area contributed by atoms with Gasteiger partial charge in [0.15, 0.2) is 0 Å². The van der Waals surface area contributed by atoms with Gasteiger partial charge in [-0.25, -0.2) is 0 Å². The van der Waals surface area contributed by atoms with Crippen LogP contribution in [-0.2, 0) is 28.5 Å². The molecule has 0 N–H and O–H groups in total. The van der Waals surface area contributed by atoms with E-state index in [1.165, 1.54) is 12.1 Å². The van der Waals surface area contributed by atoms with Crippen LogP contribution in [0.4, 0.5) is 18.9 Å². The number of hydrogen-bond acceptors (Lipinski definition) is 9. The Hall–Kier alpha value is -2.12. The number of carbonyl (C=O) groups excluding carboxylic acids is 1. The first-order valence-electron chi connectivity index (χ1n) is 12.6. The summed E-state index contributed by atoms with van der Waals surface area (Å²) in [6, 6.07) is 5.69. The lowest BCUT2D eigenvalue weighted by atomic mass is 10.1. The summed E-state index contributed by atoms with van der Waals surface area (Å²) in [5.41, 5.74) is 0.811. The Labute approximate surface area is 216 Å². The van der Waals surface area contributed by atoms with Crippen LogP contribution in [0.3, 0.4) is 0 Å². The topological polar surface area (TPSA) is 78.9 Å². The highest BCUT2D eigenvalue weighted by Crippen LogP contribution is 2.26. The number of alkyl halides is 3. The molecule has 0 bridgehead atoms. The Morgan fingerprint density at radius 2 is 1.41 bits per heavy atom. The molecule has 0 spiro atoms. The molecule has 1 heterocycles. The van der Waals surface area contributed by atoms with Crippen LogP contribution in [0.15, 0.2) is 24.3 Å². The minimum atomic E-state index is -4.71. The lowest BCUT2D eigenvalue weighted by molar-refractivity contribution is -0.274. The van der Waals surface area contributed by atoms with Crippen molar-refractivity contribution in [2.45, 2.75) is 32.7 Å². The fraction of sp³-hybridized carbons (Fsp3) is 0.720. The van der Waals surface area contributed by atoms with E-state index in [9.17, 15) is 18.0 Å². The van der Waals surface area contributed by atoms with Crippen LogP contribution < -0.4 is 9.64 Å². The van der Waals surface area contributed by atoms with Gasteiger partial charge in [0, 0.05) is 44.5 Å². The van der Waals surface area contributed by atoms with Crippen LogP contribution in [0.5, 0.6) is 5.75 Å². The molecule has 0 aromatic heterocycles. The Kier molecular flexibility index (Phi) is 14.6. The van der Waals surface area contributed by atoms with Crippen LogP contribution in [0.25, 0.3) is 0 Å². The third kappa shape index (κ3) is 13.3. The number of rotatable bonds is 18. The number of hydrogen-bond donors (Lipinski definition) is 0. The molecule has 1 aromatic rings. The van der Waals surface area contributed by atoms with E-state index >= 15 is 0 Å². The van der Waals surface area contributed by atoms with Gasteiger partial charge in [-0.2, -0.15) is 0 Å². The number of ether oxygens (including phenoxy) is 6. The molecule has 37 heavy (non-hydrogen) atoms. The van der Waals surface area contributed by atoms with E-state index in [0.29, 0.717) is 85.6 Å². The zero-order chi connectivity index (χ0) is 26.9. The molecule has 212 valence electrons. The van der Waals surface area contributed by atoms with E-state index in [-0.39, 0.29) is 24.2 Å². The zero-order valence-electron chi connectivity index (χ0n) is 21.7. The number of piperazine rings is 1. The number of benzene rings is 1. The van der Waals surface area contributed by atoms with Gasteiger partial charge in [0.05, 0.1) is 59.3 Å². The van der Waals surface area contributed by atoms with Gasteiger partial charge in [-0.15, -0.1) is 13.2 Å². The molecule has 1 unspecified atom stereocenters. The molecule has 12 heteroatoms. The van der Waals surface area contributed by atoms with E-state index < -0.39 is 6.36 Å². The van der Waals surface area contributed by atoms with Crippen molar-refractivity contribution in [3.63, 3.8) is 0 Å². The second-order valence-corrected chi connectivity index (χ2v) is 8.22. The minimum Gasteiger partial charge on any atom is -0.466 e. The van der Waals surface area contributed by atoms with Gasteiger partial charge in [0.25, 0.3) is 0 Å². The van der Waals surface area contributed by atoms with E-state index in [0.717, 1.165) is 5.69 Å². The second-order valence-electron chi connectivity index (χ2n) is 8.22. The van der Waals surface area contributed by atoms with E-state index in [4.69, 9.17) is 23.7 Å². The van der Waals surface area contributed by atoms with Gasteiger partial charge in [-0.3, -0.25) is 9.69 Å². The van der Waals surface area contributed by atoms with Gasteiger partial charge in [-0.05, 0) is 38.1 Å². The van der Waals surface area contributed by atoms with Gasteiger partial charge >= 0.3 is 12.3 Å². The molecule has 2 rings (SSSR count). The third-order valence-electron chi connectivity index (χ3n) is 5.60. The maximum Gasteiger partial charge on any atom is 0.573 e. The maximum atomic E-state index is 12.4. The summed E-state index contributed by atoms with van der Waals surface area (Å²) in [6.45, 7) is 10.6. The van der Waals surface area contributed by atoms with Gasteiger partial charge in [0.1, 0.15) is 5.75 Å². The molecule has 1 aromatic carbocycles. The number of anilines is 1. The van der Waals surface area contributed by atoms with Crippen molar-refractivity contribution in [1.29, 1.82) is 0 Å². The van der Waals surface area contributed by atoms with Crippen molar-refractivity contribution >= 4 is 11.7 Å². The summed E-state index contributed by atoms with van der Waals surface area (Å²) in [4.78, 5) is 16.4. The fourth-order valence-electron chi connectivity index (χ4n) is 3.83. The molecule has 1 aliphatic rings. The molecule has 0 radical (unpaired) electrons. The lowest BCUT2D eigenvalue weighted by Crippen LogP contribution is -2.52. The van der Waals surface area contributed by atoms with E-state index in [2.05, 4.69) is 14.5 Å². The molecular weight excluding hydrogens is 497 g/mol. The summed E-state index contributed by atoms with van der Waals surface area (Å²) < 4.78 is 68.1. The van der Waals surface area contributed by atoms with Crippen molar-refractivity contribution in [3.8, 4) is 5.75 Å². The van der Waals surface area contributed by atoms with E-state index in [1.807, 2.05) is 6.92 Å². The van der Waals surface area contributed by atoms with Gasteiger partial charge in [-0.1, -0.05) is 0 Å². The highest BCUT2D eigenvalue weighted by molar-refractivity contribution is 5.70. The predicted octanol–water partition coefficient (Wildman–Crippen LogP) is 3.12. The quantitative estimate of drug-likeness (QED) is 0.208. The largest absolute Gasteiger partial charge is 0.573 e. The highest BCUT2D eigenvalue weighted by Gasteiger charge is 2.31. The van der Waals surface area contributed by atoms with Crippen molar-refractivity contribution in [1.82, 2.24) is 4.90 Å². The normalized spacial score (nSPS) is 15.5. The van der Waals surface area contributed by atoms with Crippen molar-refractivity contribution in [2.75, 3.05) is 90.5 Å². The monoisotopic (exact) mass is 536 g/mol. The smallest absolute Gasteiger partial charge is 0.466 e. The van der Waals surface area contributed by atoms with Crippen LogP contribution in [0.1, 0.15) is 20.3 Å². The highest BCUT2D eigenvalue weighted by atomic mass is 19.4. The lowest BCUT2D eigenvalue weighted by Gasteiger charge is -2.40. The average Bonchev–Trinajstić information content (AvgIpc) is 2.86. The molecule has 0 amide bonds. The zero-order valence-corrected chi connectivity index (χ0v) is 21.7. The van der Waals surface area contributed by atoms with Gasteiger partial charge in [0.2, 0.25) is 0 Å². The Balaban J connectivity index is 1.74. The van der Waals surface area contributed by atoms with Crippen molar-refractivity contribution < 1.29 is 46.4 Å². The SMILES string of the molecule is CCOCCOCCOCCOCC(CC(=O)OCC)N1CCN(c2ccc(OC(F)(F)F)cc2)CC1. The average molecular weight is 537 g/mol. The second kappa shape index (κ2) is 17.4. The molecule has 9 nitrogen and oxygen atoms in total. The van der Waals surface area contributed by atoms with Crippen LogP contribution in [0.2, 0.25) is 0 Å². The number of nitrogens with zero attached hydrogens (tertiary/aromatic N) is 2. The fourth-order valence-corrected chi connectivity index (χ4v) is 3.83. The van der Waals surface area contributed by atoms with Crippen LogP contribution in [0, 0.1) is 0 Å². The summed E-state index contributed by atoms with van der Waals surface area (Å²) >= 11 is 0. The van der Waals surface area contributed by atoms with Crippen molar-refractivity contribution in [3.05, 3.63) is 24.3 Å². The standard InChI is InChI=1S/C25H39F3N2O7/c1-3-32-13-14-33-15-16-34-17-18-35-20-22(19-24(31)36-4-2)30-11-9-29(10-12-30)21-5-7-23(8-6-21)37-25(26,27)28/h5-8,22H,3-4,9-20H2,1-2H3. The Morgan fingerprint density at radius 1 is 0.838 bits per heavy atom. The number of esters is 1. The number of halogens is 3. The van der Waals surface area contributed by atoms with Crippen LogP contribution in [-0.4, -0.2) is 109 Å². The molecular formula is C25H39F3N2O7. The molecule has 1 aliphatic heterocycles. The summed E-state index contributed by atoms with van der Waals surface area (Å²) in [7, 11) is 0. The first-order chi connectivity index (χ1) is 17.8. The van der Waals surface area contributed by atoms with Gasteiger partial charge < -0.3 is 33.3 Å².